The summed E-state index contributed by atoms with van der Waals surface area (Å²) in [4.78, 5) is 14.3. The van der Waals surface area contributed by atoms with Gasteiger partial charge in [-0.1, -0.05) is 18.2 Å². The highest BCUT2D eigenvalue weighted by atomic mass is 16.5. The number of rotatable bonds is 2. The number of aliphatic hydroxyl groups excluding tert-OH is 1. The second-order valence-electron chi connectivity index (χ2n) is 6.95. The van der Waals surface area contributed by atoms with Crippen LogP contribution in [0, 0.1) is 0 Å². The van der Waals surface area contributed by atoms with Crippen LogP contribution in [0.2, 0.25) is 0 Å². The summed E-state index contributed by atoms with van der Waals surface area (Å²) in [7, 11) is 1.64. The van der Waals surface area contributed by atoms with Gasteiger partial charge < -0.3 is 24.8 Å². The van der Waals surface area contributed by atoms with Gasteiger partial charge >= 0.3 is 6.03 Å². The molecule has 0 bridgehead atoms. The summed E-state index contributed by atoms with van der Waals surface area (Å²) in [6.07, 6.45) is 4.64. The second-order valence-corrected chi connectivity index (χ2v) is 6.95. The predicted octanol–water partition coefficient (Wildman–Crippen LogP) is 1.95. The van der Waals surface area contributed by atoms with Gasteiger partial charge in [-0.05, 0) is 25.0 Å². The fraction of sp³-hybridized carbons (Fsp3) is 0.526. The zero-order valence-electron chi connectivity index (χ0n) is 14.6. The van der Waals surface area contributed by atoms with Crippen LogP contribution in [0.4, 0.5) is 4.79 Å². The van der Waals surface area contributed by atoms with E-state index < -0.39 is 6.10 Å². The molecule has 6 heteroatoms. The maximum atomic E-state index is 12.4. The van der Waals surface area contributed by atoms with Crippen molar-refractivity contribution in [2.24, 2.45) is 0 Å². The van der Waals surface area contributed by atoms with Crippen LogP contribution < -0.4 is 14.8 Å². The molecule has 2 N–H and O–H groups in total. The van der Waals surface area contributed by atoms with Crippen LogP contribution in [0.1, 0.15) is 30.9 Å². The summed E-state index contributed by atoms with van der Waals surface area (Å²) in [5, 5.41) is 13.0. The Morgan fingerprint density at radius 3 is 3.12 bits per heavy atom. The normalized spacial score (nSPS) is 29.3. The van der Waals surface area contributed by atoms with Crippen LogP contribution in [0.3, 0.4) is 0 Å². The number of urea groups is 1. The van der Waals surface area contributed by atoms with Crippen LogP contribution in [-0.4, -0.2) is 48.4 Å². The molecule has 0 saturated heterocycles. The number of hydrogen-bond donors (Lipinski definition) is 2. The van der Waals surface area contributed by atoms with Crippen molar-refractivity contribution in [3.8, 4) is 11.5 Å². The molecule has 1 aliphatic carbocycles. The van der Waals surface area contributed by atoms with E-state index in [0.29, 0.717) is 31.8 Å². The van der Waals surface area contributed by atoms with Gasteiger partial charge in [0, 0.05) is 31.6 Å². The number of hydrogen-bond acceptors (Lipinski definition) is 4. The number of benzene rings is 1. The standard InChI is InChI=1S/C19H24N2O4/c1-3-20-18(23)21-9-8-19-7-6-13(22)10-15(19)25-17-14(24-2)5-4-12(11-21)16(17)19/h4-7,13,15,22H,3,8-11H2,1-2H3,(H,20,23). The molecule has 2 amide bonds. The Morgan fingerprint density at radius 1 is 1.52 bits per heavy atom. The molecule has 1 aromatic carbocycles. The van der Waals surface area contributed by atoms with E-state index in [9.17, 15) is 9.90 Å². The van der Waals surface area contributed by atoms with Gasteiger partial charge in [-0.3, -0.25) is 0 Å². The molecule has 2 aliphatic heterocycles. The lowest BCUT2D eigenvalue weighted by molar-refractivity contribution is 0.0821. The summed E-state index contributed by atoms with van der Waals surface area (Å²) in [5.74, 6) is 1.48. The molecule has 0 fully saturated rings. The Hall–Kier alpha value is -2.21. The van der Waals surface area contributed by atoms with E-state index in [-0.39, 0.29) is 17.6 Å². The third kappa shape index (κ3) is 2.39. The van der Waals surface area contributed by atoms with E-state index >= 15 is 0 Å². The monoisotopic (exact) mass is 344 g/mol. The first-order valence-corrected chi connectivity index (χ1v) is 8.86. The summed E-state index contributed by atoms with van der Waals surface area (Å²) in [6.45, 7) is 3.72. The van der Waals surface area contributed by atoms with Crippen molar-refractivity contribution < 1.29 is 19.4 Å². The van der Waals surface area contributed by atoms with Crippen molar-refractivity contribution in [2.75, 3.05) is 20.2 Å². The second kappa shape index (κ2) is 5.95. The third-order valence-corrected chi connectivity index (χ3v) is 5.57. The number of carbonyl (C=O) groups excluding carboxylic acids is 1. The van der Waals surface area contributed by atoms with Crippen molar-refractivity contribution in [1.82, 2.24) is 10.2 Å². The first-order valence-electron chi connectivity index (χ1n) is 8.86. The number of nitrogens with one attached hydrogen (secondary N) is 1. The van der Waals surface area contributed by atoms with E-state index in [1.807, 2.05) is 30.0 Å². The van der Waals surface area contributed by atoms with Gasteiger partial charge in [0.15, 0.2) is 11.5 Å². The largest absolute Gasteiger partial charge is 0.493 e. The van der Waals surface area contributed by atoms with E-state index in [0.717, 1.165) is 23.3 Å². The van der Waals surface area contributed by atoms with Crippen molar-refractivity contribution in [3.63, 3.8) is 0 Å². The summed E-state index contributed by atoms with van der Waals surface area (Å²) >= 11 is 0. The maximum Gasteiger partial charge on any atom is 0.317 e. The first-order chi connectivity index (χ1) is 12.1. The van der Waals surface area contributed by atoms with E-state index in [1.54, 1.807) is 7.11 Å². The maximum absolute atomic E-state index is 12.4. The Morgan fingerprint density at radius 2 is 2.36 bits per heavy atom. The minimum atomic E-state index is -0.498. The number of amides is 2. The molecule has 25 heavy (non-hydrogen) atoms. The first kappa shape index (κ1) is 16.3. The molecule has 0 radical (unpaired) electrons. The minimum absolute atomic E-state index is 0.0410. The lowest BCUT2D eigenvalue weighted by Gasteiger charge is -2.35. The van der Waals surface area contributed by atoms with Crippen LogP contribution >= 0.6 is 0 Å². The van der Waals surface area contributed by atoms with Gasteiger partial charge in [-0.2, -0.15) is 0 Å². The van der Waals surface area contributed by atoms with Crippen LogP contribution in [0.25, 0.3) is 0 Å². The van der Waals surface area contributed by atoms with Gasteiger partial charge in [-0.25, -0.2) is 4.79 Å². The molecular formula is C19H24N2O4. The molecule has 2 heterocycles. The highest BCUT2D eigenvalue weighted by Gasteiger charge is 2.53. The van der Waals surface area contributed by atoms with Gasteiger partial charge in [0.05, 0.1) is 18.6 Å². The van der Waals surface area contributed by atoms with E-state index in [2.05, 4.69) is 11.4 Å². The van der Waals surface area contributed by atoms with Crippen molar-refractivity contribution >= 4 is 6.03 Å². The van der Waals surface area contributed by atoms with E-state index in [4.69, 9.17) is 9.47 Å². The highest BCUT2D eigenvalue weighted by Crippen LogP contribution is 2.55. The SMILES string of the molecule is CCNC(=O)N1CCC23C=CC(O)CC2Oc2c(OC)ccc(c23)C1. The molecule has 0 aromatic heterocycles. The Labute approximate surface area is 147 Å². The lowest BCUT2D eigenvalue weighted by atomic mass is 9.69. The summed E-state index contributed by atoms with van der Waals surface area (Å²) in [6, 6.07) is 3.89. The molecule has 1 spiro atoms. The van der Waals surface area contributed by atoms with Crippen molar-refractivity contribution in [2.45, 2.75) is 43.9 Å². The molecule has 134 valence electrons. The van der Waals surface area contributed by atoms with Crippen molar-refractivity contribution in [1.29, 1.82) is 0 Å². The minimum Gasteiger partial charge on any atom is -0.493 e. The molecular weight excluding hydrogens is 320 g/mol. The van der Waals surface area contributed by atoms with E-state index in [1.165, 1.54) is 0 Å². The molecule has 1 aromatic rings. The average molecular weight is 344 g/mol. The zero-order chi connectivity index (χ0) is 17.6. The Bertz CT molecular complexity index is 732. The van der Waals surface area contributed by atoms with Crippen molar-refractivity contribution in [3.05, 3.63) is 35.4 Å². The number of aliphatic hydroxyl groups is 1. The fourth-order valence-corrected chi connectivity index (χ4v) is 4.37. The topological polar surface area (TPSA) is 71.0 Å². The lowest BCUT2D eigenvalue weighted by Crippen LogP contribution is -2.44. The summed E-state index contributed by atoms with van der Waals surface area (Å²) in [5.41, 5.74) is 1.90. The smallest absolute Gasteiger partial charge is 0.317 e. The third-order valence-electron chi connectivity index (χ3n) is 5.57. The average Bonchev–Trinajstić information content (AvgIpc) is 2.83. The molecule has 3 unspecified atom stereocenters. The van der Waals surface area contributed by atoms with Crippen LogP contribution in [-0.2, 0) is 12.0 Å². The number of methoxy groups -OCH3 is 1. The van der Waals surface area contributed by atoms with Gasteiger partial charge in [0.1, 0.15) is 6.10 Å². The predicted molar refractivity (Wildman–Crippen MR) is 93.0 cm³/mol. The zero-order valence-corrected chi connectivity index (χ0v) is 14.6. The Kier molecular flexibility index (Phi) is 3.87. The van der Waals surface area contributed by atoms with Crippen LogP contribution in [0.5, 0.6) is 11.5 Å². The van der Waals surface area contributed by atoms with Crippen LogP contribution in [0.15, 0.2) is 24.3 Å². The Balaban J connectivity index is 1.83. The molecule has 0 saturated carbocycles. The quantitative estimate of drug-likeness (QED) is 0.805. The van der Waals surface area contributed by atoms with Gasteiger partial charge in [0.2, 0.25) is 0 Å². The summed E-state index contributed by atoms with van der Waals surface area (Å²) < 4.78 is 11.8. The number of carbonyl (C=O) groups is 1. The number of ether oxygens (including phenoxy) is 2. The molecule has 3 aliphatic rings. The number of nitrogens with zero attached hydrogens (tertiary/aromatic N) is 1. The molecule has 6 nitrogen and oxygen atoms in total. The molecule has 4 rings (SSSR count). The van der Waals surface area contributed by atoms with Gasteiger partial charge in [0.25, 0.3) is 0 Å². The van der Waals surface area contributed by atoms with Gasteiger partial charge in [-0.15, -0.1) is 0 Å². The highest BCUT2D eigenvalue weighted by molar-refractivity contribution is 5.75. The fourth-order valence-electron chi connectivity index (χ4n) is 4.37. The molecule has 3 atom stereocenters.